The van der Waals surface area contributed by atoms with Gasteiger partial charge >= 0.3 is 0 Å². The number of hydrogen-bond donors (Lipinski definition) is 0. The monoisotopic (exact) mass is 187 g/mol. The van der Waals surface area contributed by atoms with Crippen LogP contribution in [0.1, 0.15) is 40.5 Å². The third kappa shape index (κ3) is 4.26. The molecular formula is C10H25NSi. The first kappa shape index (κ1) is 12.2. The zero-order valence-corrected chi connectivity index (χ0v) is 10.8. The summed E-state index contributed by atoms with van der Waals surface area (Å²) < 4.78 is 2.70. The summed E-state index contributed by atoms with van der Waals surface area (Å²) >= 11 is 0. The highest BCUT2D eigenvalue weighted by atomic mass is 28.3. The number of nitrogens with zero attached hydrogens (tertiary/aromatic N) is 1. The van der Waals surface area contributed by atoms with Crippen molar-refractivity contribution < 1.29 is 0 Å². The maximum Gasteiger partial charge on any atom is 0.106 e. The SMILES string of the molecule is CCCCN([SiH](C)C)C(C)(C)C. The van der Waals surface area contributed by atoms with Crippen LogP contribution in [0.25, 0.3) is 0 Å². The Morgan fingerprint density at radius 3 is 1.92 bits per heavy atom. The highest BCUT2D eigenvalue weighted by Gasteiger charge is 2.23. The van der Waals surface area contributed by atoms with Crippen LogP contribution in [0.15, 0.2) is 0 Å². The summed E-state index contributed by atoms with van der Waals surface area (Å²) in [5, 5.41) is 0. The minimum Gasteiger partial charge on any atom is -0.322 e. The van der Waals surface area contributed by atoms with E-state index >= 15 is 0 Å². The lowest BCUT2D eigenvalue weighted by Crippen LogP contribution is -2.48. The van der Waals surface area contributed by atoms with Crippen molar-refractivity contribution in [2.45, 2.75) is 59.2 Å². The van der Waals surface area contributed by atoms with E-state index in [1.165, 1.54) is 19.4 Å². The Hall–Kier alpha value is 0.177. The molecule has 0 aliphatic carbocycles. The van der Waals surface area contributed by atoms with Crippen LogP contribution in [-0.4, -0.2) is 25.6 Å². The molecule has 74 valence electrons. The lowest BCUT2D eigenvalue weighted by Gasteiger charge is -2.38. The molecular weight excluding hydrogens is 162 g/mol. The van der Waals surface area contributed by atoms with Gasteiger partial charge in [-0.1, -0.05) is 26.4 Å². The molecule has 0 radical (unpaired) electrons. The molecule has 0 fully saturated rings. The minimum atomic E-state index is -0.609. The molecule has 0 saturated carbocycles. The fraction of sp³-hybridized carbons (Fsp3) is 1.00. The van der Waals surface area contributed by atoms with Crippen LogP contribution in [-0.2, 0) is 0 Å². The topological polar surface area (TPSA) is 3.24 Å². The van der Waals surface area contributed by atoms with E-state index in [2.05, 4.69) is 45.4 Å². The highest BCUT2D eigenvalue weighted by Crippen LogP contribution is 2.15. The first-order valence-corrected chi connectivity index (χ1v) is 7.99. The van der Waals surface area contributed by atoms with Crippen molar-refractivity contribution in [3.63, 3.8) is 0 Å². The largest absolute Gasteiger partial charge is 0.322 e. The molecule has 0 heterocycles. The van der Waals surface area contributed by atoms with Crippen LogP contribution < -0.4 is 0 Å². The van der Waals surface area contributed by atoms with E-state index in [4.69, 9.17) is 0 Å². The molecule has 0 aliphatic heterocycles. The molecule has 0 atom stereocenters. The predicted molar refractivity (Wildman–Crippen MR) is 60.2 cm³/mol. The normalized spacial score (nSPS) is 13.0. The summed E-state index contributed by atoms with van der Waals surface area (Å²) in [4.78, 5) is 0. The van der Waals surface area contributed by atoms with Crippen LogP contribution in [0.5, 0.6) is 0 Å². The maximum absolute atomic E-state index is 2.70. The van der Waals surface area contributed by atoms with Crippen molar-refractivity contribution in [3.05, 3.63) is 0 Å². The second-order valence-electron chi connectivity index (χ2n) is 4.81. The summed E-state index contributed by atoms with van der Waals surface area (Å²) in [6, 6.07) is 0. The van der Waals surface area contributed by atoms with E-state index in [-0.39, 0.29) is 0 Å². The van der Waals surface area contributed by atoms with Crippen molar-refractivity contribution in [2.24, 2.45) is 0 Å². The van der Waals surface area contributed by atoms with Crippen molar-refractivity contribution in [1.82, 2.24) is 4.57 Å². The average Bonchev–Trinajstić information content (AvgIpc) is 1.84. The molecule has 0 aliphatic rings. The summed E-state index contributed by atoms with van der Waals surface area (Å²) in [6.45, 7) is 15.4. The van der Waals surface area contributed by atoms with Gasteiger partial charge in [-0.2, -0.15) is 0 Å². The summed E-state index contributed by atoms with van der Waals surface area (Å²) in [7, 11) is -0.609. The van der Waals surface area contributed by atoms with Gasteiger partial charge < -0.3 is 4.57 Å². The Kier molecular flexibility index (Phi) is 5.10. The Labute approximate surface area is 79.8 Å². The molecule has 0 saturated heterocycles. The van der Waals surface area contributed by atoms with Crippen LogP contribution in [0.3, 0.4) is 0 Å². The molecule has 0 bridgehead atoms. The molecule has 0 aromatic carbocycles. The second-order valence-corrected chi connectivity index (χ2v) is 7.62. The minimum absolute atomic E-state index is 0.384. The molecule has 0 amide bonds. The molecule has 0 unspecified atom stereocenters. The maximum atomic E-state index is 2.70. The molecule has 0 aromatic heterocycles. The Bertz CT molecular complexity index is 115. The van der Waals surface area contributed by atoms with E-state index in [0.717, 1.165) is 0 Å². The zero-order chi connectivity index (χ0) is 9.78. The average molecular weight is 187 g/mol. The van der Waals surface area contributed by atoms with Crippen LogP contribution in [0.4, 0.5) is 0 Å². The van der Waals surface area contributed by atoms with Gasteiger partial charge in [0.1, 0.15) is 8.96 Å². The molecule has 0 spiro atoms. The van der Waals surface area contributed by atoms with E-state index in [9.17, 15) is 0 Å². The van der Waals surface area contributed by atoms with Gasteiger partial charge in [0, 0.05) is 5.54 Å². The van der Waals surface area contributed by atoms with E-state index in [1.54, 1.807) is 0 Å². The van der Waals surface area contributed by atoms with Crippen molar-refractivity contribution in [1.29, 1.82) is 0 Å². The summed E-state index contributed by atoms with van der Waals surface area (Å²) in [6.07, 6.45) is 2.66. The molecule has 12 heavy (non-hydrogen) atoms. The third-order valence-electron chi connectivity index (χ3n) is 2.24. The fourth-order valence-corrected chi connectivity index (χ4v) is 3.94. The third-order valence-corrected chi connectivity index (χ3v) is 4.52. The number of unbranched alkanes of at least 4 members (excludes halogenated alkanes) is 1. The first-order valence-electron chi connectivity index (χ1n) is 5.16. The second kappa shape index (κ2) is 5.03. The smallest absolute Gasteiger partial charge is 0.106 e. The first-order chi connectivity index (χ1) is 5.39. The van der Waals surface area contributed by atoms with E-state index in [0.29, 0.717) is 5.54 Å². The van der Waals surface area contributed by atoms with Crippen LogP contribution in [0.2, 0.25) is 13.1 Å². The Balaban J connectivity index is 4.05. The molecule has 0 rings (SSSR count). The zero-order valence-electron chi connectivity index (χ0n) is 9.65. The molecule has 0 N–H and O–H groups in total. The lowest BCUT2D eigenvalue weighted by atomic mass is 10.1. The van der Waals surface area contributed by atoms with Crippen molar-refractivity contribution in [2.75, 3.05) is 6.54 Å². The van der Waals surface area contributed by atoms with Crippen LogP contribution in [0, 0.1) is 0 Å². The number of rotatable bonds is 4. The van der Waals surface area contributed by atoms with E-state index < -0.39 is 8.96 Å². The van der Waals surface area contributed by atoms with Gasteiger partial charge in [0.25, 0.3) is 0 Å². The molecule has 1 nitrogen and oxygen atoms in total. The van der Waals surface area contributed by atoms with E-state index in [1.807, 2.05) is 0 Å². The van der Waals surface area contributed by atoms with Crippen molar-refractivity contribution >= 4 is 8.96 Å². The predicted octanol–water partition coefficient (Wildman–Crippen LogP) is 2.87. The number of hydrogen-bond acceptors (Lipinski definition) is 1. The highest BCUT2D eigenvalue weighted by molar-refractivity contribution is 6.52. The van der Waals surface area contributed by atoms with Crippen LogP contribution >= 0.6 is 0 Å². The van der Waals surface area contributed by atoms with Gasteiger partial charge in [-0.15, -0.1) is 0 Å². The quantitative estimate of drug-likeness (QED) is 0.612. The van der Waals surface area contributed by atoms with Gasteiger partial charge in [-0.05, 0) is 33.7 Å². The molecule has 2 heteroatoms. The summed E-state index contributed by atoms with van der Waals surface area (Å²) in [5.74, 6) is 0. The molecule has 0 aromatic rings. The van der Waals surface area contributed by atoms with Gasteiger partial charge in [0.2, 0.25) is 0 Å². The lowest BCUT2D eigenvalue weighted by molar-refractivity contribution is 0.245. The van der Waals surface area contributed by atoms with Gasteiger partial charge in [-0.25, -0.2) is 0 Å². The van der Waals surface area contributed by atoms with Gasteiger partial charge in [-0.3, -0.25) is 0 Å². The Morgan fingerprint density at radius 2 is 1.67 bits per heavy atom. The standard InChI is InChI=1S/C10H25NSi/c1-7-8-9-11(12(5)6)10(2,3)4/h12H,7-9H2,1-6H3. The summed E-state index contributed by atoms with van der Waals surface area (Å²) in [5.41, 5.74) is 0.384. The van der Waals surface area contributed by atoms with Gasteiger partial charge in [0.05, 0.1) is 0 Å². The van der Waals surface area contributed by atoms with Gasteiger partial charge in [0.15, 0.2) is 0 Å². The fourth-order valence-electron chi connectivity index (χ4n) is 1.70. The Morgan fingerprint density at radius 1 is 1.17 bits per heavy atom. The van der Waals surface area contributed by atoms with Crippen molar-refractivity contribution in [3.8, 4) is 0 Å².